The van der Waals surface area contributed by atoms with Crippen LogP contribution in [0.1, 0.15) is 56.9 Å². The van der Waals surface area contributed by atoms with Crippen LogP contribution in [-0.4, -0.2) is 17.4 Å². The zero-order chi connectivity index (χ0) is 12.8. The zero-order valence-corrected chi connectivity index (χ0v) is 11.0. The third-order valence-corrected chi connectivity index (χ3v) is 3.41. The number of nitrogens with zero attached hydrogens (tertiary/aromatic N) is 1. The first-order valence-corrected chi connectivity index (χ1v) is 6.89. The molecule has 1 aromatic heterocycles. The summed E-state index contributed by atoms with van der Waals surface area (Å²) >= 11 is 0. The minimum absolute atomic E-state index is 0.331. The van der Waals surface area contributed by atoms with Crippen molar-refractivity contribution in [2.75, 3.05) is 6.61 Å². The third-order valence-electron chi connectivity index (χ3n) is 3.41. The maximum absolute atomic E-state index is 11.7. The minimum atomic E-state index is 0.331. The molecule has 1 aromatic rings. The molecule has 2 rings (SSSR count). The average molecular weight is 247 g/mol. The lowest BCUT2D eigenvalue weighted by atomic mass is 9.93. The van der Waals surface area contributed by atoms with Crippen LogP contribution in [0, 0.1) is 0 Å². The Morgan fingerprint density at radius 1 is 1.39 bits per heavy atom. The number of hydrogen-bond donors (Lipinski definition) is 0. The van der Waals surface area contributed by atoms with Crippen molar-refractivity contribution in [3.63, 3.8) is 0 Å². The smallest absolute Gasteiger partial charge is 0.137 e. The molecule has 1 heterocycles. The van der Waals surface area contributed by atoms with Gasteiger partial charge in [-0.2, -0.15) is 0 Å². The summed E-state index contributed by atoms with van der Waals surface area (Å²) in [6.45, 7) is 2.80. The highest BCUT2D eigenvalue weighted by Crippen LogP contribution is 2.31. The summed E-state index contributed by atoms with van der Waals surface area (Å²) < 4.78 is 5.60. The van der Waals surface area contributed by atoms with Gasteiger partial charge in [-0.15, -0.1) is 0 Å². The van der Waals surface area contributed by atoms with Crippen LogP contribution in [-0.2, 0) is 4.79 Å². The van der Waals surface area contributed by atoms with Crippen LogP contribution in [0.5, 0.6) is 5.75 Å². The molecular formula is C15H21NO2. The number of pyridine rings is 1. The van der Waals surface area contributed by atoms with Crippen LogP contribution in [0.3, 0.4) is 0 Å². The molecule has 0 aliphatic heterocycles. The van der Waals surface area contributed by atoms with Crippen molar-refractivity contribution in [2.45, 2.75) is 51.4 Å². The van der Waals surface area contributed by atoms with Crippen LogP contribution in [0.25, 0.3) is 0 Å². The van der Waals surface area contributed by atoms with Gasteiger partial charge in [0.1, 0.15) is 11.5 Å². The van der Waals surface area contributed by atoms with E-state index in [2.05, 4.69) is 11.9 Å². The topological polar surface area (TPSA) is 39.2 Å². The molecule has 3 nitrogen and oxygen atoms in total. The quantitative estimate of drug-likeness (QED) is 0.764. The average Bonchev–Trinajstić information content (AvgIpc) is 2.61. The fourth-order valence-electron chi connectivity index (χ4n) is 2.43. The van der Waals surface area contributed by atoms with Gasteiger partial charge in [-0.3, -0.25) is 9.78 Å². The molecule has 1 atom stereocenters. The number of ether oxygens (including phenoxy) is 1. The van der Waals surface area contributed by atoms with Crippen LogP contribution in [0.2, 0.25) is 0 Å². The van der Waals surface area contributed by atoms with E-state index in [0.29, 0.717) is 24.7 Å². The molecule has 0 radical (unpaired) electrons. The van der Waals surface area contributed by atoms with E-state index in [4.69, 9.17) is 4.74 Å². The zero-order valence-electron chi connectivity index (χ0n) is 11.0. The highest BCUT2D eigenvalue weighted by molar-refractivity contribution is 5.79. The third kappa shape index (κ3) is 3.56. The van der Waals surface area contributed by atoms with Gasteiger partial charge in [0.2, 0.25) is 0 Å². The molecule has 1 aliphatic carbocycles. The SMILES string of the molecule is CCCOc1cncc(C2CCCCC(=O)C2)c1. The molecule has 0 aromatic carbocycles. The maximum atomic E-state index is 11.7. The predicted molar refractivity (Wildman–Crippen MR) is 70.9 cm³/mol. The van der Waals surface area contributed by atoms with E-state index >= 15 is 0 Å². The van der Waals surface area contributed by atoms with Crippen molar-refractivity contribution >= 4 is 5.78 Å². The van der Waals surface area contributed by atoms with Gasteiger partial charge in [0.25, 0.3) is 0 Å². The molecule has 98 valence electrons. The maximum Gasteiger partial charge on any atom is 0.137 e. The van der Waals surface area contributed by atoms with Gasteiger partial charge in [-0.1, -0.05) is 13.3 Å². The highest BCUT2D eigenvalue weighted by atomic mass is 16.5. The van der Waals surface area contributed by atoms with Crippen molar-refractivity contribution in [1.82, 2.24) is 4.98 Å². The summed E-state index contributed by atoms with van der Waals surface area (Å²) in [6.07, 6.45) is 9.29. The lowest BCUT2D eigenvalue weighted by molar-refractivity contribution is -0.119. The number of ketones is 1. The summed E-state index contributed by atoms with van der Waals surface area (Å²) in [7, 11) is 0. The van der Waals surface area contributed by atoms with Crippen molar-refractivity contribution in [2.24, 2.45) is 0 Å². The van der Waals surface area contributed by atoms with E-state index in [0.717, 1.165) is 43.4 Å². The van der Waals surface area contributed by atoms with Crippen molar-refractivity contribution in [3.05, 3.63) is 24.0 Å². The molecule has 0 saturated heterocycles. The van der Waals surface area contributed by atoms with Crippen molar-refractivity contribution in [3.8, 4) is 5.75 Å². The Balaban J connectivity index is 2.08. The molecule has 1 fully saturated rings. The summed E-state index contributed by atoms with van der Waals surface area (Å²) in [5.74, 6) is 1.54. The molecule has 18 heavy (non-hydrogen) atoms. The van der Waals surface area contributed by atoms with Gasteiger partial charge in [0, 0.05) is 19.0 Å². The predicted octanol–water partition coefficient (Wildman–Crippen LogP) is 3.49. The first kappa shape index (κ1) is 13.1. The largest absolute Gasteiger partial charge is 0.492 e. The summed E-state index contributed by atoms with van der Waals surface area (Å²) in [4.78, 5) is 15.9. The van der Waals surface area contributed by atoms with E-state index in [9.17, 15) is 4.79 Å². The first-order chi connectivity index (χ1) is 8.79. The number of carbonyl (C=O) groups is 1. The molecule has 0 bridgehead atoms. The molecule has 1 unspecified atom stereocenters. The summed E-state index contributed by atoms with van der Waals surface area (Å²) in [5.41, 5.74) is 1.15. The number of hydrogen-bond acceptors (Lipinski definition) is 3. The molecule has 1 aliphatic rings. The first-order valence-electron chi connectivity index (χ1n) is 6.89. The van der Waals surface area contributed by atoms with Gasteiger partial charge in [-0.05, 0) is 36.8 Å². The second kappa shape index (κ2) is 6.53. The number of Topliss-reactive ketones (excluding diaryl/α,β-unsaturated/α-hetero) is 1. The summed E-state index contributed by atoms with van der Waals surface area (Å²) in [5, 5.41) is 0. The highest BCUT2D eigenvalue weighted by Gasteiger charge is 2.19. The Bertz CT molecular complexity index is 403. The Hall–Kier alpha value is -1.38. The lowest BCUT2D eigenvalue weighted by Gasteiger charge is -2.14. The second-order valence-electron chi connectivity index (χ2n) is 4.99. The van der Waals surface area contributed by atoms with Crippen molar-refractivity contribution in [1.29, 1.82) is 0 Å². The second-order valence-corrected chi connectivity index (χ2v) is 4.99. The van der Waals surface area contributed by atoms with Gasteiger partial charge in [0.05, 0.1) is 12.8 Å². The molecule has 1 saturated carbocycles. The van der Waals surface area contributed by atoms with Gasteiger partial charge >= 0.3 is 0 Å². The van der Waals surface area contributed by atoms with Gasteiger partial charge in [-0.25, -0.2) is 0 Å². The van der Waals surface area contributed by atoms with Gasteiger partial charge in [0.15, 0.2) is 0 Å². The van der Waals surface area contributed by atoms with Crippen LogP contribution < -0.4 is 4.74 Å². The Kier molecular flexibility index (Phi) is 4.73. The number of aromatic nitrogens is 1. The molecule has 0 N–H and O–H groups in total. The monoisotopic (exact) mass is 247 g/mol. The van der Waals surface area contributed by atoms with Crippen LogP contribution >= 0.6 is 0 Å². The van der Waals surface area contributed by atoms with Crippen molar-refractivity contribution < 1.29 is 9.53 Å². The Morgan fingerprint density at radius 2 is 2.28 bits per heavy atom. The summed E-state index contributed by atoms with van der Waals surface area (Å²) in [6, 6.07) is 2.05. The van der Waals surface area contributed by atoms with E-state index in [1.54, 1.807) is 6.20 Å². The van der Waals surface area contributed by atoms with E-state index in [1.807, 2.05) is 12.3 Å². The fraction of sp³-hybridized carbons (Fsp3) is 0.600. The van der Waals surface area contributed by atoms with Gasteiger partial charge < -0.3 is 4.74 Å². The fourth-order valence-corrected chi connectivity index (χ4v) is 2.43. The lowest BCUT2D eigenvalue weighted by Crippen LogP contribution is -2.05. The van der Waals surface area contributed by atoms with E-state index in [-0.39, 0.29) is 0 Å². The van der Waals surface area contributed by atoms with Crippen LogP contribution in [0.4, 0.5) is 0 Å². The normalized spacial score (nSPS) is 20.5. The standard InChI is InChI=1S/C15H21NO2/c1-2-7-18-15-9-13(10-16-11-15)12-5-3-4-6-14(17)8-12/h9-12H,2-8H2,1H3. The molecular weight excluding hydrogens is 226 g/mol. The Morgan fingerprint density at radius 3 is 3.11 bits per heavy atom. The molecule has 0 amide bonds. The Labute approximate surface area is 109 Å². The minimum Gasteiger partial charge on any atom is -0.492 e. The van der Waals surface area contributed by atoms with E-state index < -0.39 is 0 Å². The number of rotatable bonds is 4. The van der Waals surface area contributed by atoms with Crippen LogP contribution in [0.15, 0.2) is 18.5 Å². The molecule has 3 heteroatoms. The molecule has 0 spiro atoms. The van der Waals surface area contributed by atoms with E-state index in [1.165, 1.54) is 0 Å². The number of carbonyl (C=O) groups excluding carboxylic acids is 1.